The lowest BCUT2D eigenvalue weighted by molar-refractivity contribution is -0.230. The number of ether oxygens (including phenoxy) is 2. The molecule has 1 aliphatic rings. The number of rotatable bonds is 7. The number of carbonyl (C=O) groups excluding carboxylic acids is 1. The monoisotopic (exact) mass is 549 g/mol. The van der Waals surface area contributed by atoms with Crippen LogP contribution in [0.25, 0.3) is 22.6 Å². The van der Waals surface area contributed by atoms with Gasteiger partial charge in [0.25, 0.3) is 0 Å². The predicted octanol–water partition coefficient (Wildman–Crippen LogP) is 4.39. The predicted molar refractivity (Wildman–Crippen MR) is 136 cm³/mol. The van der Waals surface area contributed by atoms with Crippen molar-refractivity contribution in [3.8, 4) is 28.7 Å². The topological polar surface area (TPSA) is 138 Å². The first-order chi connectivity index (χ1) is 19.3. The highest BCUT2D eigenvalue weighted by atomic mass is 19.2. The third-order valence-electron chi connectivity index (χ3n) is 6.13. The van der Waals surface area contributed by atoms with Gasteiger partial charge in [-0.2, -0.15) is 5.26 Å². The number of halogens is 3. The molecule has 10 nitrogen and oxygen atoms in total. The summed E-state index contributed by atoms with van der Waals surface area (Å²) in [5, 5.41) is 14.1. The Morgan fingerprint density at radius 3 is 2.55 bits per heavy atom. The van der Waals surface area contributed by atoms with E-state index in [1.807, 2.05) is 6.07 Å². The number of aromatic amines is 1. The first kappa shape index (κ1) is 26.8. The van der Waals surface area contributed by atoms with Gasteiger partial charge in [0.05, 0.1) is 41.8 Å². The lowest BCUT2D eigenvalue weighted by atomic mass is 9.91. The van der Waals surface area contributed by atoms with E-state index < -0.39 is 29.2 Å². The van der Waals surface area contributed by atoms with Gasteiger partial charge in [-0.3, -0.25) is 4.79 Å². The Balaban J connectivity index is 1.45. The summed E-state index contributed by atoms with van der Waals surface area (Å²) in [5.74, 6) is -2.42. The SMILES string of the molecule is CC1(C(=O)NCC#N)COC(c2nc(-c3ccc(F)cc3)c(-c3ccnc(Nc4ccc(F)c(F)c4)n3)[nH]2)OC1. The van der Waals surface area contributed by atoms with Gasteiger partial charge in [0.1, 0.15) is 12.4 Å². The van der Waals surface area contributed by atoms with Gasteiger partial charge < -0.3 is 25.1 Å². The van der Waals surface area contributed by atoms with Crippen LogP contribution in [0.4, 0.5) is 24.8 Å². The zero-order valence-corrected chi connectivity index (χ0v) is 21.0. The van der Waals surface area contributed by atoms with Crippen LogP contribution in [-0.2, 0) is 14.3 Å². The zero-order chi connectivity index (χ0) is 28.3. The lowest BCUT2D eigenvalue weighted by Crippen LogP contribution is -2.48. The molecule has 13 heteroatoms. The molecule has 204 valence electrons. The molecule has 0 spiro atoms. The molecule has 1 amide bonds. The van der Waals surface area contributed by atoms with E-state index >= 15 is 0 Å². The minimum absolute atomic E-state index is 0.00660. The molecule has 0 bridgehead atoms. The molecular weight excluding hydrogens is 527 g/mol. The Hall–Kier alpha value is -4.80. The van der Waals surface area contributed by atoms with E-state index in [-0.39, 0.29) is 43.1 Å². The van der Waals surface area contributed by atoms with Gasteiger partial charge in [-0.05, 0) is 49.4 Å². The third kappa shape index (κ3) is 5.63. The molecule has 0 unspecified atom stereocenters. The highest BCUT2D eigenvalue weighted by Gasteiger charge is 2.40. The average Bonchev–Trinajstić information content (AvgIpc) is 3.40. The molecule has 0 saturated carbocycles. The van der Waals surface area contributed by atoms with Gasteiger partial charge >= 0.3 is 0 Å². The van der Waals surface area contributed by atoms with Crippen LogP contribution in [0, 0.1) is 34.2 Å². The zero-order valence-electron chi connectivity index (χ0n) is 21.0. The maximum Gasteiger partial charge on any atom is 0.231 e. The molecular formula is C27H22F3N7O3. The van der Waals surface area contributed by atoms with Crippen molar-refractivity contribution in [1.82, 2.24) is 25.3 Å². The van der Waals surface area contributed by atoms with Gasteiger partial charge in [0.15, 0.2) is 17.5 Å². The third-order valence-corrected chi connectivity index (χ3v) is 6.13. The number of nitrogens with zero attached hydrogens (tertiary/aromatic N) is 4. The smallest absolute Gasteiger partial charge is 0.231 e. The Morgan fingerprint density at radius 1 is 1.10 bits per heavy atom. The van der Waals surface area contributed by atoms with Crippen molar-refractivity contribution in [1.29, 1.82) is 5.26 Å². The number of aromatic nitrogens is 4. The van der Waals surface area contributed by atoms with Crippen LogP contribution < -0.4 is 10.6 Å². The summed E-state index contributed by atoms with van der Waals surface area (Å²) >= 11 is 0. The number of amides is 1. The second kappa shape index (κ2) is 11.1. The van der Waals surface area contributed by atoms with Crippen molar-refractivity contribution in [2.45, 2.75) is 13.2 Å². The van der Waals surface area contributed by atoms with E-state index in [1.54, 1.807) is 25.1 Å². The van der Waals surface area contributed by atoms with Gasteiger partial charge in [-0.25, -0.2) is 28.1 Å². The van der Waals surface area contributed by atoms with E-state index in [1.165, 1.54) is 24.4 Å². The number of nitriles is 1. The minimum atomic E-state index is -1.02. The quantitative estimate of drug-likeness (QED) is 0.289. The number of hydrogen-bond acceptors (Lipinski definition) is 8. The number of hydrogen-bond donors (Lipinski definition) is 3. The summed E-state index contributed by atoms with van der Waals surface area (Å²) in [6.07, 6.45) is 0.518. The summed E-state index contributed by atoms with van der Waals surface area (Å²) < 4.78 is 52.3. The van der Waals surface area contributed by atoms with Gasteiger partial charge in [-0.1, -0.05) is 0 Å². The fraction of sp³-hybridized carbons (Fsp3) is 0.222. The highest BCUT2D eigenvalue weighted by Crippen LogP contribution is 2.35. The second-order valence-electron chi connectivity index (χ2n) is 9.23. The largest absolute Gasteiger partial charge is 0.345 e. The van der Waals surface area contributed by atoms with Gasteiger partial charge in [-0.15, -0.1) is 0 Å². The lowest BCUT2D eigenvalue weighted by Gasteiger charge is -2.35. The molecule has 40 heavy (non-hydrogen) atoms. The summed E-state index contributed by atoms with van der Waals surface area (Å²) in [5.41, 5.74) is 1.05. The Kier molecular flexibility index (Phi) is 7.45. The molecule has 1 aliphatic heterocycles. The van der Waals surface area contributed by atoms with E-state index in [4.69, 9.17) is 14.7 Å². The molecule has 0 atom stereocenters. The van der Waals surface area contributed by atoms with Crippen molar-refractivity contribution < 1.29 is 27.4 Å². The number of carbonyl (C=O) groups is 1. The van der Waals surface area contributed by atoms with Crippen LogP contribution in [-0.4, -0.2) is 45.6 Å². The Morgan fingerprint density at radius 2 is 1.85 bits per heavy atom. The molecule has 2 aromatic heterocycles. The summed E-state index contributed by atoms with van der Waals surface area (Å²) in [6, 6.07) is 12.5. The maximum absolute atomic E-state index is 13.7. The number of imidazole rings is 1. The summed E-state index contributed by atoms with van der Waals surface area (Å²) in [7, 11) is 0. The molecule has 3 heterocycles. The minimum Gasteiger partial charge on any atom is -0.345 e. The average molecular weight is 550 g/mol. The number of nitrogens with one attached hydrogen (secondary N) is 3. The number of H-pyrrole nitrogens is 1. The van der Waals surface area contributed by atoms with E-state index in [9.17, 15) is 18.0 Å². The molecule has 1 fully saturated rings. The van der Waals surface area contributed by atoms with Crippen molar-refractivity contribution in [3.63, 3.8) is 0 Å². The molecule has 3 N–H and O–H groups in total. The molecule has 2 aromatic carbocycles. The van der Waals surface area contributed by atoms with Crippen molar-refractivity contribution in [2.24, 2.45) is 5.41 Å². The van der Waals surface area contributed by atoms with Crippen LogP contribution in [0.15, 0.2) is 54.7 Å². The van der Waals surface area contributed by atoms with Crippen molar-refractivity contribution >= 4 is 17.5 Å². The Bertz CT molecular complexity index is 1580. The number of anilines is 2. The normalized spacial score (nSPS) is 18.6. The van der Waals surface area contributed by atoms with Crippen LogP contribution in [0.5, 0.6) is 0 Å². The van der Waals surface area contributed by atoms with Crippen LogP contribution in [0.3, 0.4) is 0 Å². The molecule has 0 aliphatic carbocycles. The van der Waals surface area contributed by atoms with Crippen LogP contribution in [0.2, 0.25) is 0 Å². The van der Waals surface area contributed by atoms with E-state index in [0.29, 0.717) is 22.6 Å². The second-order valence-corrected chi connectivity index (χ2v) is 9.23. The maximum atomic E-state index is 13.7. The molecule has 5 rings (SSSR count). The first-order valence-corrected chi connectivity index (χ1v) is 12.1. The van der Waals surface area contributed by atoms with E-state index in [2.05, 4.69) is 30.6 Å². The molecule has 0 radical (unpaired) electrons. The molecule has 1 saturated heterocycles. The van der Waals surface area contributed by atoms with Crippen molar-refractivity contribution in [3.05, 3.63) is 78.0 Å². The first-order valence-electron chi connectivity index (χ1n) is 12.1. The summed E-state index contributed by atoms with van der Waals surface area (Å²) in [4.78, 5) is 28.9. The fourth-order valence-electron chi connectivity index (χ4n) is 4.00. The molecule has 4 aromatic rings. The van der Waals surface area contributed by atoms with Gasteiger partial charge in [0.2, 0.25) is 18.1 Å². The van der Waals surface area contributed by atoms with Crippen LogP contribution in [0.1, 0.15) is 19.0 Å². The number of benzene rings is 2. The van der Waals surface area contributed by atoms with E-state index in [0.717, 1.165) is 12.1 Å². The summed E-state index contributed by atoms with van der Waals surface area (Å²) in [6.45, 7) is 1.54. The standard InChI is InChI=1S/C27H22F3N7O3/c1-27(25(38)32-11-9-31)13-39-24(40-14-27)23-36-21(15-2-4-16(28)5-3-15)22(37-23)20-8-10-33-26(35-20)34-17-6-7-18(29)19(30)12-17/h2-8,10,12,24H,11,13-14H2,1H3,(H,32,38)(H,36,37)(H,33,34,35). The van der Waals surface area contributed by atoms with Gasteiger partial charge in [0, 0.05) is 23.5 Å². The Labute approximate surface area is 226 Å². The highest BCUT2D eigenvalue weighted by molar-refractivity contribution is 5.83. The fourth-order valence-corrected chi connectivity index (χ4v) is 4.00. The van der Waals surface area contributed by atoms with Crippen molar-refractivity contribution in [2.75, 3.05) is 25.1 Å². The van der Waals surface area contributed by atoms with Crippen LogP contribution >= 0.6 is 0 Å².